The van der Waals surface area contributed by atoms with Crippen molar-refractivity contribution in [2.24, 2.45) is 5.41 Å². The first kappa shape index (κ1) is 17.6. The van der Waals surface area contributed by atoms with E-state index in [4.69, 9.17) is 4.74 Å². The molecule has 0 saturated heterocycles. The van der Waals surface area contributed by atoms with Crippen molar-refractivity contribution >= 4 is 0 Å². The molecule has 0 unspecified atom stereocenters. The maximum Gasteiger partial charge on any atom is 0.0853 e. The highest BCUT2D eigenvalue weighted by Crippen LogP contribution is 2.40. The van der Waals surface area contributed by atoms with E-state index in [1.165, 1.54) is 30.4 Å². The second-order valence-electron chi connectivity index (χ2n) is 6.63. The van der Waals surface area contributed by atoms with Crippen LogP contribution in [0.2, 0.25) is 0 Å². The molecule has 0 fully saturated rings. The Morgan fingerprint density at radius 1 is 1.14 bits per heavy atom. The maximum atomic E-state index is 4.97. The molecule has 0 spiro atoms. The molecule has 1 aliphatic carbocycles. The zero-order valence-electron chi connectivity index (χ0n) is 14.5. The quantitative estimate of drug-likeness (QED) is 0.437. The van der Waals surface area contributed by atoms with Gasteiger partial charge in [0, 0.05) is 0 Å². The van der Waals surface area contributed by atoms with Crippen molar-refractivity contribution in [3.8, 4) is 0 Å². The van der Waals surface area contributed by atoms with Crippen molar-refractivity contribution in [1.29, 1.82) is 0 Å². The summed E-state index contributed by atoms with van der Waals surface area (Å²) >= 11 is 0. The SMILES string of the molecule is CO/C=C(C)/C=C/C=C(C)/C=C/C1=C(C)CCCC1(C)C. The minimum atomic E-state index is 0.312. The van der Waals surface area contributed by atoms with Gasteiger partial charge in [-0.2, -0.15) is 0 Å². The summed E-state index contributed by atoms with van der Waals surface area (Å²) in [5.74, 6) is 0. The number of rotatable bonds is 5. The van der Waals surface area contributed by atoms with E-state index in [1.807, 2.05) is 6.92 Å². The Bertz CT molecular complexity index is 496. The smallest absolute Gasteiger partial charge is 0.0853 e. The van der Waals surface area contributed by atoms with Crippen LogP contribution in [0, 0.1) is 5.41 Å². The minimum absolute atomic E-state index is 0.312. The number of ether oxygens (including phenoxy) is 1. The summed E-state index contributed by atoms with van der Waals surface area (Å²) in [6, 6.07) is 0. The summed E-state index contributed by atoms with van der Waals surface area (Å²) in [4.78, 5) is 0. The first-order valence-electron chi connectivity index (χ1n) is 7.79. The average molecular weight is 286 g/mol. The van der Waals surface area contributed by atoms with Gasteiger partial charge in [0.1, 0.15) is 0 Å². The molecule has 0 heterocycles. The van der Waals surface area contributed by atoms with Gasteiger partial charge in [0.2, 0.25) is 0 Å². The normalized spacial score (nSPS) is 20.7. The molecule has 0 aromatic carbocycles. The Balaban J connectivity index is 2.78. The van der Waals surface area contributed by atoms with E-state index in [1.54, 1.807) is 18.9 Å². The van der Waals surface area contributed by atoms with Crippen LogP contribution in [0.25, 0.3) is 0 Å². The van der Waals surface area contributed by atoms with E-state index < -0.39 is 0 Å². The summed E-state index contributed by atoms with van der Waals surface area (Å²) < 4.78 is 4.97. The van der Waals surface area contributed by atoms with Gasteiger partial charge in [-0.25, -0.2) is 0 Å². The van der Waals surface area contributed by atoms with Crippen LogP contribution in [0.15, 0.2) is 58.9 Å². The third-order valence-electron chi connectivity index (χ3n) is 4.08. The Morgan fingerprint density at radius 2 is 1.86 bits per heavy atom. The van der Waals surface area contributed by atoms with Crippen LogP contribution in [-0.2, 0) is 4.74 Å². The molecule has 0 bridgehead atoms. The van der Waals surface area contributed by atoms with Gasteiger partial charge >= 0.3 is 0 Å². The number of allylic oxidation sites excluding steroid dienone is 9. The van der Waals surface area contributed by atoms with Gasteiger partial charge in [0.05, 0.1) is 13.4 Å². The monoisotopic (exact) mass is 286 g/mol. The lowest BCUT2D eigenvalue weighted by Crippen LogP contribution is -2.19. The first-order valence-corrected chi connectivity index (χ1v) is 7.79. The Labute approximate surface area is 130 Å². The van der Waals surface area contributed by atoms with Crippen molar-refractivity contribution in [3.63, 3.8) is 0 Å². The molecule has 0 aliphatic heterocycles. The van der Waals surface area contributed by atoms with Crippen LogP contribution < -0.4 is 0 Å². The van der Waals surface area contributed by atoms with Crippen LogP contribution in [0.5, 0.6) is 0 Å². The van der Waals surface area contributed by atoms with Crippen molar-refractivity contribution in [2.45, 2.75) is 53.9 Å². The predicted octanol–water partition coefficient (Wildman–Crippen LogP) is 6.12. The van der Waals surface area contributed by atoms with Gasteiger partial charge in [-0.05, 0) is 56.6 Å². The second-order valence-corrected chi connectivity index (χ2v) is 6.63. The van der Waals surface area contributed by atoms with Crippen molar-refractivity contribution in [3.05, 3.63) is 58.9 Å². The molecule has 1 rings (SSSR count). The zero-order chi connectivity index (χ0) is 15.9. The highest BCUT2D eigenvalue weighted by molar-refractivity contribution is 5.37. The summed E-state index contributed by atoms with van der Waals surface area (Å²) in [6.45, 7) is 11.2. The first-order chi connectivity index (χ1) is 9.86. The standard InChI is InChI=1S/C20H30O/c1-16(9-7-10-17(2)15-21-6)12-13-19-18(3)11-8-14-20(19,4)5/h7,9-10,12-13,15H,8,11,14H2,1-6H3/b10-7+,13-12+,16-9+,17-15+. The molecule has 1 nitrogen and oxygen atoms in total. The van der Waals surface area contributed by atoms with Gasteiger partial charge in [-0.15, -0.1) is 0 Å². The van der Waals surface area contributed by atoms with Crippen LogP contribution in [0.4, 0.5) is 0 Å². The lowest BCUT2D eigenvalue weighted by Gasteiger charge is -2.32. The molecular formula is C20H30O. The molecule has 0 radical (unpaired) electrons. The van der Waals surface area contributed by atoms with E-state index >= 15 is 0 Å². The maximum absolute atomic E-state index is 4.97. The van der Waals surface area contributed by atoms with Gasteiger partial charge < -0.3 is 4.74 Å². The Hall–Kier alpha value is -1.50. The van der Waals surface area contributed by atoms with E-state index in [0.717, 1.165) is 5.57 Å². The van der Waals surface area contributed by atoms with E-state index in [0.29, 0.717) is 5.41 Å². The van der Waals surface area contributed by atoms with E-state index in [2.05, 4.69) is 58.1 Å². The molecule has 1 heteroatoms. The summed E-state index contributed by atoms with van der Waals surface area (Å²) in [5, 5.41) is 0. The summed E-state index contributed by atoms with van der Waals surface area (Å²) in [6.07, 6.45) is 16.4. The lowest BCUT2D eigenvalue weighted by atomic mass is 9.72. The number of hydrogen-bond acceptors (Lipinski definition) is 1. The van der Waals surface area contributed by atoms with Gasteiger partial charge in [-0.3, -0.25) is 0 Å². The van der Waals surface area contributed by atoms with Crippen molar-refractivity contribution in [1.82, 2.24) is 0 Å². The molecule has 0 aromatic rings. The summed E-state index contributed by atoms with van der Waals surface area (Å²) in [5.41, 5.74) is 5.74. The molecule has 0 atom stereocenters. The molecule has 0 amide bonds. The Kier molecular flexibility index (Phi) is 6.74. The van der Waals surface area contributed by atoms with Gasteiger partial charge in [-0.1, -0.05) is 55.4 Å². The highest BCUT2D eigenvalue weighted by atomic mass is 16.5. The van der Waals surface area contributed by atoms with Crippen molar-refractivity contribution in [2.75, 3.05) is 7.11 Å². The van der Waals surface area contributed by atoms with E-state index in [9.17, 15) is 0 Å². The Morgan fingerprint density at radius 3 is 2.48 bits per heavy atom. The molecule has 116 valence electrons. The molecular weight excluding hydrogens is 256 g/mol. The highest BCUT2D eigenvalue weighted by Gasteiger charge is 2.26. The molecule has 21 heavy (non-hydrogen) atoms. The van der Waals surface area contributed by atoms with Crippen LogP contribution in [0.3, 0.4) is 0 Å². The van der Waals surface area contributed by atoms with Crippen LogP contribution in [0.1, 0.15) is 53.9 Å². The fraction of sp³-hybridized carbons (Fsp3) is 0.500. The van der Waals surface area contributed by atoms with Crippen LogP contribution in [-0.4, -0.2) is 7.11 Å². The zero-order valence-corrected chi connectivity index (χ0v) is 14.5. The van der Waals surface area contributed by atoms with Gasteiger partial charge in [0.15, 0.2) is 0 Å². The molecule has 1 aliphatic rings. The number of hydrogen-bond donors (Lipinski definition) is 0. The topological polar surface area (TPSA) is 9.23 Å². The largest absolute Gasteiger partial charge is 0.504 e. The minimum Gasteiger partial charge on any atom is -0.504 e. The second kappa shape index (κ2) is 8.07. The molecule has 0 aromatic heterocycles. The van der Waals surface area contributed by atoms with E-state index in [-0.39, 0.29) is 0 Å². The van der Waals surface area contributed by atoms with Crippen molar-refractivity contribution < 1.29 is 4.74 Å². The fourth-order valence-corrected chi connectivity index (χ4v) is 2.86. The lowest BCUT2D eigenvalue weighted by molar-refractivity contribution is 0.335. The molecule has 0 N–H and O–H groups in total. The predicted molar refractivity (Wildman–Crippen MR) is 93.1 cm³/mol. The molecule has 0 saturated carbocycles. The third kappa shape index (κ3) is 5.79. The average Bonchev–Trinajstić information content (AvgIpc) is 2.37. The summed E-state index contributed by atoms with van der Waals surface area (Å²) in [7, 11) is 1.67. The van der Waals surface area contributed by atoms with Gasteiger partial charge in [0.25, 0.3) is 0 Å². The third-order valence-corrected chi connectivity index (χ3v) is 4.08. The fourth-order valence-electron chi connectivity index (χ4n) is 2.86. The number of methoxy groups -OCH3 is 1. The van der Waals surface area contributed by atoms with Crippen LogP contribution >= 0.6 is 0 Å².